The Kier molecular flexibility index (Phi) is 9.17. The minimum atomic E-state index is -0.246. The molecule has 0 saturated heterocycles. The lowest BCUT2D eigenvalue weighted by Gasteiger charge is -2.44. The number of fused-ring (bicyclic) bond motifs is 6. The predicted molar refractivity (Wildman–Crippen MR) is 286 cm³/mol. The standard InChI is InChI=1S/C62H50N8/c1-61(2)45-23-7-11-29-51(45)69(52-30-12-8-24-46(52)61)55-37-44(40-20-16-22-42(36-40)58-66-50-28-18-34-64-60(50)68(58)6)56(70-53-31-13-9-25-47(53)62(3,4)48-26-10-14-32-54(48)70)38-43(55)39-19-15-21-41(35-39)57-65-49-27-17-33-63-59(49)67(57)5/h7-38H,1-6H3. The van der Waals surface area contributed by atoms with E-state index in [1.54, 1.807) is 0 Å². The van der Waals surface area contributed by atoms with Crippen LogP contribution in [0.5, 0.6) is 0 Å². The second-order valence-electron chi connectivity index (χ2n) is 19.7. The predicted octanol–water partition coefficient (Wildman–Crippen LogP) is 15.1. The number of hydrogen-bond donors (Lipinski definition) is 0. The average molecular weight is 907 g/mol. The van der Waals surface area contributed by atoms with E-state index in [-0.39, 0.29) is 10.8 Å². The highest BCUT2D eigenvalue weighted by molar-refractivity contribution is 6.02. The van der Waals surface area contributed by atoms with Crippen molar-refractivity contribution in [3.63, 3.8) is 0 Å². The van der Waals surface area contributed by atoms with Crippen LogP contribution in [0.15, 0.2) is 194 Å². The Balaban J connectivity index is 1.15. The number of pyridine rings is 2. The fourth-order valence-electron chi connectivity index (χ4n) is 11.5. The molecule has 0 aliphatic carbocycles. The molecule has 13 rings (SSSR count). The van der Waals surface area contributed by atoms with Gasteiger partial charge in [-0.05, 0) is 106 Å². The van der Waals surface area contributed by atoms with Crippen molar-refractivity contribution in [1.82, 2.24) is 29.1 Å². The number of anilines is 6. The maximum Gasteiger partial charge on any atom is 0.159 e. The largest absolute Gasteiger partial charge is 0.312 e. The molecule has 338 valence electrons. The third-order valence-electron chi connectivity index (χ3n) is 15.0. The first-order chi connectivity index (χ1) is 34.1. The molecule has 2 aliphatic rings. The van der Waals surface area contributed by atoms with E-state index in [4.69, 9.17) is 19.9 Å². The van der Waals surface area contributed by atoms with Gasteiger partial charge in [0.05, 0.1) is 34.1 Å². The van der Waals surface area contributed by atoms with Gasteiger partial charge in [0.2, 0.25) is 0 Å². The Labute approximate surface area is 407 Å². The van der Waals surface area contributed by atoms with Gasteiger partial charge in [0.25, 0.3) is 0 Å². The molecule has 4 aromatic heterocycles. The number of benzene rings is 7. The molecule has 0 N–H and O–H groups in total. The molecule has 0 bridgehead atoms. The van der Waals surface area contributed by atoms with Gasteiger partial charge in [0, 0.05) is 59.6 Å². The van der Waals surface area contributed by atoms with Crippen molar-refractivity contribution in [3.05, 3.63) is 217 Å². The summed E-state index contributed by atoms with van der Waals surface area (Å²) in [6, 6.07) is 66.3. The van der Waals surface area contributed by atoms with Crippen LogP contribution in [0.25, 0.3) is 67.4 Å². The highest BCUT2D eigenvalue weighted by Crippen LogP contribution is 2.58. The Morgan fingerprint density at radius 3 is 1.04 bits per heavy atom. The van der Waals surface area contributed by atoms with Gasteiger partial charge in [-0.15, -0.1) is 0 Å². The van der Waals surface area contributed by atoms with Crippen molar-refractivity contribution in [2.45, 2.75) is 38.5 Å². The minimum Gasteiger partial charge on any atom is -0.312 e. The van der Waals surface area contributed by atoms with E-state index in [2.05, 4.69) is 218 Å². The highest BCUT2D eigenvalue weighted by Gasteiger charge is 2.40. The molecular formula is C62H50N8. The topological polar surface area (TPSA) is 67.9 Å². The van der Waals surface area contributed by atoms with Gasteiger partial charge in [0.1, 0.15) is 22.7 Å². The van der Waals surface area contributed by atoms with Gasteiger partial charge in [0.15, 0.2) is 11.3 Å². The van der Waals surface area contributed by atoms with Crippen molar-refractivity contribution in [3.8, 4) is 45.0 Å². The van der Waals surface area contributed by atoms with E-state index >= 15 is 0 Å². The Hall–Kier alpha value is -8.62. The van der Waals surface area contributed by atoms with Crippen LogP contribution >= 0.6 is 0 Å². The number of rotatable bonds is 6. The fraction of sp³-hybridized carbons (Fsp3) is 0.129. The lowest BCUT2D eigenvalue weighted by atomic mass is 9.73. The van der Waals surface area contributed by atoms with Crippen LogP contribution in [0.1, 0.15) is 49.9 Å². The molecule has 0 radical (unpaired) electrons. The number of para-hydroxylation sites is 4. The molecule has 0 saturated carbocycles. The molecule has 7 aromatic carbocycles. The summed E-state index contributed by atoms with van der Waals surface area (Å²) in [5.74, 6) is 1.72. The third-order valence-corrected chi connectivity index (χ3v) is 15.0. The average Bonchev–Trinajstić information content (AvgIpc) is 3.92. The van der Waals surface area contributed by atoms with Crippen LogP contribution in [-0.4, -0.2) is 29.1 Å². The number of hydrogen-bond acceptors (Lipinski definition) is 6. The zero-order valence-corrected chi connectivity index (χ0v) is 40.1. The van der Waals surface area contributed by atoms with Gasteiger partial charge >= 0.3 is 0 Å². The van der Waals surface area contributed by atoms with Crippen LogP contribution in [0.4, 0.5) is 34.1 Å². The van der Waals surface area contributed by atoms with Gasteiger partial charge in [-0.25, -0.2) is 19.9 Å². The molecule has 0 unspecified atom stereocenters. The Morgan fingerprint density at radius 2 is 0.686 bits per heavy atom. The maximum absolute atomic E-state index is 5.14. The first kappa shape index (κ1) is 41.6. The Bertz CT molecular complexity index is 3560. The molecule has 0 atom stereocenters. The van der Waals surface area contributed by atoms with Crippen LogP contribution in [0.3, 0.4) is 0 Å². The Morgan fingerprint density at radius 1 is 0.343 bits per heavy atom. The summed E-state index contributed by atoms with van der Waals surface area (Å²) < 4.78 is 4.19. The highest BCUT2D eigenvalue weighted by atomic mass is 15.2. The lowest BCUT2D eigenvalue weighted by molar-refractivity contribution is 0.631. The van der Waals surface area contributed by atoms with E-state index in [0.29, 0.717) is 0 Å². The SMILES string of the molecule is Cn1c(-c2cccc(-c3cc(N4c5ccccc5C(C)(C)c5ccccc54)c(-c4cccc(-c5nc6cccnc6n5C)c4)cc3N3c4ccccc4C(C)(C)c4ccccc43)c2)nc2cccnc21. The van der Waals surface area contributed by atoms with Crippen molar-refractivity contribution >= 4 is 56.5 Å². The van der Waals surface area contributed by atoms with Crippen molar-refractivity contribution < 1.29 is 0 Å². The molecule has 8 heteroatoms. The summed E-state index contributed by atoms with van der Waals surface area (Å²) in [5, 5.41) is 0. The summed E-state index contributed by atoms with van der Waals surface area (Å²) in [7, 11) is 4.11. The van der Waals surface area contributed by atoms with Gasteiger partial charge < -0.3 is 18.9 Å². The number of aryl methyl sites for hydroxylation is 2. The molecule has 11 aromatic rings. The fourth-order valence-corrected chi connectivity index (χ4v) is 11.5. The molecular weight excluding hydrogens is 857 g/mol. The summed E-state index contributed by atoms with van der Waals surface area (Å²) in [4.78, 5) is 24.7. The molecule has 2 aliphatic heterocycles. The summed E-state index contributed by atoms with van der Waals surface area (Å²) >= 11 is 0. The van der Waals surface area contributed by atoms with Gasteiger partial charge in [-0.3, -0.25) is 0 Å². The monoisotopic (exact) mass is 906 g/mol. The quantitative estimate of drug-likeness (QED) is 0.166. The van der Waals surface area contributed by atoms with Crippen LogP contribution in [0.2, 0.25) is 0 Å². The summed E-state index contributed by atoms with van der Waals surface area (Å²) in [6.45, 7) is 9.39. The van der Waals surface area contributed by atoms with Crippen LogP contribution in [0, 0.1) is 0 Å². The third kappa shape index (κ3) is 6.15. The zero-order valence-electron chi connectivity index (χ0n) is 40.1. The molecule has 8 nitrogen and oxygen atoms in total. The second-order valence-corrected chi connectivity index (χ2v) is 19.7. The molecule has 0 amide bonds. The maximum atomic E-state index is 5.14. The summed E-state index contributed by atoms with van der Waals surface area (Å²) in [5.41, 5.74) is 21.1. The van der Waals surface area contributed by atoms with E-state index in [0.717, 1.165) is 101 Å². The zero-order chi connectivity index (χ0) is 47.5. The van der Waals surface area contributed by atoms with Gasteiger partial charge in [-0.2, -0.15) is 0 Å². The van der Waals surface area contributed by atoms with E-state index in [9.17, 15) is 0 Å². The number of imidazole rings is 2. The molecule has 0 spiro atoms. The summed E-state index contributed by atoms with van der Waals surface area (Å²) in [6.07, 6.45) is 3.66. The lowest BCUT2D eigenvalue weighted by Crippen LogP contribution is -2.31. The van der Waals surface area contributed by atoms with E-state index < -0.39 is 0 Å². The smallest absolute Gasteiger partial charge is 0.159 e. The molecule has 6 heterocycles. The first-order valence-corrected chi connectivity index (χ1v) is 24.0. The molecule has 0 fully saturated rings. The van der Waals surface area contributed by atoms with E-state index in [1.807, 2.05) is 36.7 Å². The number of aromatic nitrogens is 6. The number of nitrogens with zero attached hydrogens (tertiary/aromatic N) is 8. The second kappa shape index (κ2) is 15.5. The van der Waals surface area contributed by atoms with Crippen LogP contribution < -0.4 is 9.80 Å². The normalized spacial score (nSPS) is 14.3. The minimum absolute atomic E-state index is 0.246. The first-order valence-electron chi connectivity index (χ1n) is 24.0. The van der Waals surface area contributed by atoms with Gasteiger partial charge in [-0.1, -0.05) is 137 Å². The van der Waals surface area contributed by atoms with Crippen LogP contribution in [-0.2, 0) is 24.9 Å². The van der Waals surface area contributed by atoms with E-state index in [1.165, 1.54) is 22.3 Å². The molecule has 70 heavy (non-hydrogen) atoms. The van der Waals surface area contributed by atoms with Crippen molar-refractivity contribution in [1.29, 1.82) is 0 Å². The van der Waals surface area contributed by atoms with Crippen molar-refractivity contribution in [2.75, 3.05) is 9.80 Å². The van der Waals surface area contributed by atoms with Crippen molar-refractivity contribution in [2.24, 2.45) is 14.1 Å².